The highest BCUT2D eigenvalue weighted by Crippen LogP contribution is 2.42. The van der Waals surface area contributed by atoms with Gasteiger partial charge in [-0.2, -0.15) is 11.8 Å². The Balaban J connectivity index is 1.85. The molecule has 1 amide bonds. The Hall–Kier alpha value is 0.110. The minimum atomic E-state index is 0.102. The zero-order valence-electron chi connectivity index (χ0n) is 7.59. The summed E-state index contributed by atoms with van der Waals surface area (Å²) in [5.41, 5.74) is 0.479. The molecule has 0 saturated carbocycles. The molecular formula is C9H14ClNOS. The third-order valence-electron chi connectivity index (χ3n) is 3.07. The van der Waals surface area contributed by atoms with Crippen LogP contribution in [0.5, 0.6) is 0 Å². The van der Waals surface area contributed by atoms with Crippen molar-refractivity contribution in [2.45, 2.75) is 12.8 Å². The lowest BCUT2D eigenvalue weighted by molar-refractivity contribution is -0.141. The van der Waals surface area contributed by atoms with Crippen molar-refractivity contribution in [2.75, 3.05) is 30.5 Å². The first kappa shape index (κ1) is 9.66. The predicted octanol–water partition coefficient (Wildman–Crippen LogP) is 1.58. The van der Waals surface area contributed by atoms with Crippen molar-refractivity contribution in [3.05, 3.63) is 0 Å². The van der Waals surface area contributed by atoms with Crippen LogP contribution < -0.4 is 0 Å². The summed E-state index contributed by atoms with van der Waals surface area (Å²) in [6.45, 7) is 1.91. The van der Waals surface area contributed by atoms with E-state index in [9.17, 15) is 4.79 Å². The standard InChI is InChI=1S/C9H14ClNOS/c10-5-8(12)11-6-9(7-11)1-3-13-4-2-9/h1-7H2. The lowest BCUT2D eigenvalue weighted by Gasteiger charge is -2.52. The summed E-state index contributed by atoms with van der Waals surface area (Å²) in [6.07, 6.45) is 2.56. The van der Waals surface area contributed by atoms with E-state index >= 15 is 0 Å². The molecule has 2 heterocycles. The van der Waals surface area contributed by atoms with Crippen molar-refractivity contribution in [3.63, 3.8) is 0 Å². The van der Waals surface area contributed by atoms with Gasteiger partial charge in [-0.3, -0.25) is 4.79 Å². The molecule has 2 fully saturated rings. The Morgan fingerprint density at radius 1 is 1.38 bits per heavy atom. The molecular weight excluding hydrogens is 206 g/mol. The Labute approximate surface area is 88.0 Å². The van der Waals surface area contributed by atoms with Gasteiger partial charge in [0.2, 0.25) is 5.91 Å². The third-order valence-corrected chi connectivity index (χ3v) is 4.29. The first-order chi connectivity index (χ1) is 6.26. The van der Waals surface area contributed by atoms with Gasteiger partial charge in [0.15, 0.2) is 0 Å². The fourth-order valence-electron chi connectivity index (χ4n) is 2.14. The molecule has 4 heteroatoms. The van der Waals surface area contributed by atoms with Crippen molar-refractivity contribution in [2.24, 2.45) is 5.41 Å². The van der Waals surface area contributed by atoms with Crippen LogP contribution in [0.3, 0.4) is 0 Å². The highest BCUT2D eigenvalue weighted by atomic mass is 35.5. The van der Waals surface area contributed by atoms with Gasteiger partial charge in [-0.05, 0) is 24.3 Å². The Kier molecular flexibility index (Phi) is 2.75. The number of likely N-dealkylation sites (tertiary alicyclic amines) is 1. The highest BCUT2D eigenvalue weighted by molar-refractivity contribution is 7.99. The lowest BCUT2D eigenvalue weighted by atomic mass is 9.75. The number of hydrogen-bond donors (Lipinski definition) is 0. The summed E-state index contributed by atoms with van der Waals surface area (Å²) in [4.78, 5) is 13.1. The normalized spacial score (nSPS) is 25.8. The second-order valence-electron chi connectivity index (χ2n) is 4.00. The summed E-state index contributed by atoms with van der Waals surface area (Å²) in [5.74, 6) is 2.78. The van der Waals surface area contributed by atoms with E-state index in [0.29, 0.717) is 5.41 Å². The van der Waals surface area contributed by atoms with Crippen LogP contribution in [0.4, 0.5) is 0 Å². The molecule has 2 aliphatic heterocycles. The van der Waals surface area contributed by atoms with E-state index in [4.69, 9.17) is 11.6 Å². The maximum atomic E-state index is 11.2. The lowest BCUT2D eigenvalue weighted by Crippen LogP contribution is -2.59. The topological polar surface area (TPSA) is 20.3 Å². The van der Waals surface area contributed by atoms with Crippen molar-refractivity contribution in [1.29, 1.82) is 0 Å². The van der Waals surface area contributed by atoms with Gasteiger partial charge in [-0.25, -0.2) is 0 Å². The van der Waals surface area contributed by atoms with Gasteiger partial charge >= 0.3 is 0 Å². The molecule has 0 radical (unpaired) electrons. The van der Waals surface area contributed by atoms with E-state index < -0.39 is 0 Å². The largest absolute Gasteiger partial charge is 0.340 e. The Bertz CT molecular complexity index is 208. The average Bonchev–Trinajstić information content (AvgIpc) is 2.14. The van der Waals surface area contributed by atoms with E-state index in [1.165, 1.54) is 24.3 Å². The Morgan fingerprint density at radius 3 is 2.54 bits per heavy atom. The van der Waals surface area contributed by atoms with E-state index in [-0.39, 0.29) is 11.8 Å². The minimum Gasteiger partial charge on any atom is -0.340 e. The van der Waals surface area contributed by atoms with Crippen LogP contribution >= 0.6 is 23.4 Å². The second kappa shape index (κ2) is 3.70. The van der Waals surface area contributed by atoms with Crippen LogP contribution in [0, 0.1) is 5.41 Å². The molecule has 74 valence electrons. The summed E-state index contributed by atoms with van der Waals surface area (Å²) >= 11 is 7.52. The molecule has 0 bridgehead atoms. The first-order valence-electron chi connectivity index (χ1n) is 4.67. The van der Waals surface area contributed by atoms with Crippen LogP contribution in [0.2, 0.25) is 0 Å². The molecule has 0 aromatic rings. The maximum Gasteiger partial charge on any atom is 0.237 e. The summed E-state index contributed by atoms with van der Waals surface area (Å²) in [6, 6.07) is 0. The van der Waals surface area contributed by atoms with Gasteiger partial charge in [-0.15, -0.1) is 11.6 Å². The number of rotatable bonds is 1. The molecule has 13 heavy (non-hydrogen) atoms. The number of hydrogen-bond acceptors (Lipinski definition) is 2. The first-order valence-corrected chi connectivity index (χ1v) is 6.36. The minimum absolute atomic E-state index is 0.102. The maximum absolute atomic E-state index is 11.2. The third kappa shape index (κ3) is 1.82. The van der Waals surface area contributed by atoms with Gasteiger partial charge in [0.25, 0.3) is 0 Å². The van der Waals surface area contributed by atoms with Crippen molar-refractivity contribution in [3.8, 4) is 0 Å². The van der Waals surface area contributed by atoms with Crippen LogP contribution in [0.1, 0.15) is 12.8 Å². The van der Waals surface area contributed by atoms with Gasteiger partial charge in [-0.1, -0.05) is 0 Å². The molecule has 2 aliphatic rings. The van der Waals surface area contributed by atoms with E-state index in [2.05, 4.69) is 0 Å². The molecule has 0 aromatic heterocycles. The molecule has 2 nitrogen and oxygen atoms in total. The van der Waals surface area contributed by atoms with E-state index in [1.807, 2.05) is 16.7 Å². The Morgan fingerprint density at radius 2 is 2.00 bits per heavy atom. The molecule has 0 unspecified atom stereocenters. The second-order valence-corrected chi connectivity index (χ2v) is 5.49. The molecule has 0 aliphatic carbocycles. The van der Waals surface area contributed by atoms with Crippen LogP contribution in [0.25, 0.3) is 0 Å². The van der Waals surface area contributed by atoms with E-state index in [1.54, 1.807) is 0 Å². The number of carbonyl (C=O) groups is 1. The van der Waals surface area contributed by atoms with Gasteiger partial charge in [0.1, 0.15) is 5.88 Å². The summed E-state index contributed by atoms with van der Waals surface area (Å²) in [7, 11) is 0. The van der Waals surface area contributed by atoms with Gasteiger partial charge in [0.05, 0.1) is 0 Å². The van der Waals surface area contributed by atoms with Crippen LogP contribution in [0.15, 0.2) is 0 Å². The molecule has 2 saturated heterocycles. The number of thioether (sulfide) groups is 1. The molecule has 2 rings (SSSR count). The number of alkyl halides is 1. The fraction of sp³-hybridized carbons (Fsp3) is 0.889. The van der Waals surface area contributed by atoms with Gasteiger partial charge in [0, 0.05) is 18.5 Å². The zero-order valence-corrected chi connectivity index (χ0v) is 9.16. The number of carbonyl (C=O) groups excluding carboxylic acids is 1. The van der Waals surface area contributed by atoms with E-state index in [0.717, 1.165) is 13.1 Å². The van der Waals surface area contributed by atoms with Crippen molar-refractivity contribution >= 4 is 29.3 Å². The van der Waals surface area contributed by atoms with Crippen LogP contribution in [-0.2, 0) is 4.79 Å². The summed E-state index contributed by atoms with van der Waals surface area (Å²) in [5, 5.41) is 0. The molecule has 0 atom stereocenters. The quantitative estimate of drug-likeness (QED) is 0.625. The molecule has 0 aromatic carbocycles. The van der Waals surface area contributed by atoms with Gasteiger partial charge < -0.3 is 4.90 Å². The van der Waals surface area contributed by atoms with Crippen molar-refractivity contribution < 1.29 is 4.79 Å². The average molecular weight is 220 g/mol. The zero-order chi connectivity index (χ0) is 9.31. The summed E-state index contributed by atoms with van der Waals surface area (Å²) < 4.78 is 0. The number of amides is 1. The molecule has 0 N–H and O–H groups in total. The van der Waals surface area contributed by atoms with Crippen LogP contribution in [-0.4, -0.2) is 41.3 Å². The smallest absolute Gasteiger partial charge is 0.237 e. The number of halogens is 1. The number of nitrogens with zero attached hydrogens (tertiary/aromatic N) is 1. The predicted molar refractivity (Wildman–Crippen MR) is 56.3 cm³/mol. The SMILES string of the molecule is O=C(CCl)N1CC2(CCSCC2)C1. The highest BCUT2D eigenvalue weighted by Gasteiger charge is 2.44. The van der Waals surface area contributed by atoms with Crippen molar-refractivity contribution in [1.82, 2.24) is 4.90 Å². The monoisotopic (exact) mass is 219 g/mol. The molecule has 1 spiro atoms. The fourth-order valence-corrected chi connectivity index (χ4v) is 3.67.